The highest BCUT2D eigenvalue weighted by Crippen LogP contribution is 2.35. The Morgan fingerprint density at radius 2 is 2.12 bits per heavy atom. The van der Waals surface area contributed by atoms with E-state index in [0.29, 0.717) is 16.7 Å². The van der Waals surface area contributed by atoms with Crippen molar-refractivity contribution in [2.45, 2.75) is 32.6 Å². The summed E-state index contributed by atoms with van der Waals surface area (Å²) in [5.41, 5.74) is 2.22. The molecule has 1 aromatic carbocycles. The van der Waals surface area contributed by atoms with Crippen LogP contribution in [0.5, 0.6) is 5.75 Å². The molecular weight excluding hydrogens is 441 g/mol. The molecule has 0 radical (unpaired) electrons. The van der Waals surface area contributed by atoms with E-state index in [1.54, 1.807) is 30.0 Å². The first-order valence-corrected chi connectivity index (χ1v) is 9.93. The van der Waals surface area contributed by atoms with Gasteiger partial charge in [0.05, 0.1) is 18.8 Å². The van der Waals surface area contributed by atoms with Crippen molar-refractivity contribution in [1.29, 1.82) is 0 Å². The average Bonchev–Trinajstić information content (AvgIpc) is 3.41. The van der Waals surface area contributed by atoms with E-state index in [-0.39, 0.29) is 29.8 Å². The fraction of sp³-hybridized carbons (Fsp3) is 0.273. The van der Waals surface area contributed by atoms with Crippen molar-refractivity contribution >= 4 is 17.6 Å². The molecule has 4 rings (SSSR count). The minimum absolute atomic E-state index is 0.00672. The van der Waals surface area contributed by atoms with Crippen LogP contribution in [0.2, 0.25) is 0 Å². The first-order chi connectivity index (χ1) is 15.6. The lowest BCUT2D eigenvalue weighted by molar-refractivity contribution is -0.153. The first kappa shape index (κ1) is 22.3. The summed E-state index contributed by atoms with van der Waals surface area (Å²) in [7, 11) is 0. The molecule has 2 amide bonds. The summed E-state index contributed by atoms with van der Waals surface area (Å²) in [6.07, 6.45) is -0.604. The second-order valence-electron chi connectivity index (χ2n) is 7.54. The number of anilines is 1. The van der Waals surface area contributed by atoms with Crippen LogP contribution in [-0.2, 0) is 6.54 Å². The van der Waals surface area contributed by atoms with Crippen LogP contribution < -0.4 is 10.1 Å². The molecule has 11 heteroatoms. The molecule has 0 saturated heterocycles. The zero-order valence-corrected chi connectivity index (χ0v) is 17.6. The average molecular weight is 460 g/mol. The maximum Gasteiger partial charge on any atom is 0.422 e. The Morgan fingerprint density at radius 1 is 1.33 bits per heavy atom. The zero-order valence-electron chi connectivity index (χ0n) is 17.6. The van der Waals surface area contributed by atoms with Crippen molar-refractivity contribution in [1.82, 2.24) is 14.9 Å². The second-order valence-corrected chi connectivity index (χ2v) is 7.54. The number of nitrogens with one attached hydrogen (secondary N) is 1. The minimum atomic E-state index is -4.43. The Kier molecular flexibility index (Phi) is 5.79. The number of hydrogen-bond acceptors (Lipinski definition) is 6. The van der Waals surface area contributed by atoms with Crippen LogP contribution in [0.1, 0.15) is 50.6 Å². The van der Waals surface area contributed by atoms with E-state index in [2.05, 4.69) is 15.3 Å². The SMILES string of the molecule is Cc1cc(C(C)N2Cc3c(ccnc3NC(=O)c3cnco3)C2=O)ccc1OCC(F)(F)F. The molecule has 0 bridgehead atoms. The van der Waals surface area contributed by atoms with Crippen molar-refractivity contribution in [2.75, 3.05) is 11.9 Å². The van der Waals surface area contributed by atoms with E-state index in [1.807, 2.05) is 6.92 Å². The third-order valence-corrected chi connectivity index (χ3v) is 5.30. The number of carbonyl (C=O) groups is 2. The van der Waals surface area contributed by atoms with Crippen LogP contribution in [-0.4, -0.2) is 39.5 Å². The maximum absolute atomic E-state index is 13.1. The molecule has 33 heavy (non-hydrogen) atoms. The number of aryl methyl sites for hydroxylation is 1. The van der Waals surface area contributed by atoms with E-state index in [0.717, 1.165) is 12.0 Å². The highest BCUT2D eigenvalue weighted by atomic mass is 19.4. The molecule has 0 saturated carbocycles. The Bertz CT molecular complexity index is 1190. The molecule has 1 aliphatic heterocycles. The van der Waals surface area contributed by atoms with Gasteiger partial charge in [0.15, 0.2) is 13.0 Å². The van der Waals surface area contributed by atoms with Gasteiger partial charge in [0, 0.05) is 17.3 Å². The van der Waals surface area contributed by atoms with Crippen LogP contribution >= 0.6 is 0 Å². The maximum atomic E-state index is 13.1. The predicted octanol–water partition coefficient (Wildman–Crippen LogP) is 4.29. The lowest BCUT2D eigenvalue weighted by Crippen LogP contribution is -2.27. The standard InChI is InChI=1S/C22H19F3N4O4/c1-12-7-14(3-4-17(12)32-10-22(23,24)25)13(2)29-9-16-15(21(29)31)5-6-27-19(16)28-20(30)18-8-26-11-33-18/h3-8,11,13H,9-10H2,1-2H3,(H,27,28,30). The number of ether oxygens (including phenoxy) is 1. The summed E-state index contributed by atoms with van der Waals surface area (Å²) in [5.74, 6) is -0.417. The highest BCUT2D eigenvalue weighted by Gasteiger charge is 2.34. The van der Waals surface area contributed by atoms with Gasteiger partial charge in [-0.15, -0.1) is 0 Å². The molecule has 3 aromatic rings. The van der Waals surface area contributed by atoms with Gasteiger partial charge >= 0.3 is 6.18 Å². The van der Waals surface area contributed by atoms with Crippen LogP contribution in [0.15, 0.2) is 47.5 Å². The van der Waals surface area contributed by atoms with Crippen LogP contribution in [0.4, 0.5) is 19.0 Å². The number of amides is 2. The summed E-state index contributed by atoms with van der Waals surface area (Å²) in [5, 5.41) is 2.64. The molecule has 0 fully saturated rings. The normalized spacial score (nSPS) is 14.2. The van der Waals surface area contributed by atoms with Gasteiger partial charge in [-0.3, -0.25) is 9.59 Å². The van der Waals surface area contributed by atoms with E-state index in [1.165, 1.54) is 18.5 Å². The van der Waals surface area contributed by atoms with Crippen molar-refractivity contribution in [2.24, 2.45) is 0 Å². The van der Waals surface area contributed by atoms with Crippen molar-refractivity contribution in [3.05, 3.63) is 71.1 Å². The van der Waals surface area contributed by atoms with Gasteiger partial charge in [-0.25, -0.2) is 9.97 Å². The van der Waals surface area contributed by atoms with Crippen molar-refractivity contribution < 1.29 is 31.9 Å². The highest BCUT2D eigenvalue weighted by molar-refractivity contribution is 6.05. The van der Waals surface area contributed by atoms with Crippen LogP contribution in [0.25, 0.3) is 0 Å². The third-order valence-electron chi connectivity index (χ3n) is 5.30. The van der Waals surface area contributed by atoms with Gasteiger partial charge < -0.3 is 19.4 Å². The molecule has 1 atom stereocenters. The predicted molar refractivity (Wildman–Crippen MR) is 110 cm³/mol. The molecule has 172 valence electrons. The number of rotatable bonds is 6. The number of benzene rings is 1. The Morgan fingerprint density at radius 3 is 2.79 bits per heavy atom. The number of oxazole rings is 1. The van der Waals surface area contributed by atoms with Gasteiger partial charge in [0.2, 0.25) is 5.76 Å². The quantitative estimate of drug-likeness (QED) is 0.590. The third kappa shape index (κ3) is 4.66. The number of nitrogens with zero attached hydrogens (tertiary/aromatic N) is 3. The summed E-state index contributed by atoms with van der Waals surface area (Å²) >= 11 is 0. The lowest BCUT2D eigenvalue weighted by atomic mass is 10.0. The number of halogens is 3. The Balaban J connectivity index is 1.52. The monoisotopic (exact) mass is 460 g/mol. The molecule has 1 unspecified atom stereocenters. The van der Waals surface area contributed by atoms with Crippen LogP contribution in [0.3, 0.4) is 0 Å². The molecule has 3 heterocycles. The minimum Gasteiger partial charge on any atom is -0.484 e. The summed E-state index contributed by atoms with van der Waals surface area (Å²) in [6, 6.07) is 5.97. The summed E-state index contributed by atoms with van der Waals surface area (Å²) in [4.78, 5) is 34.8. The van der Waals surface area contributed by atoms with Crippen molar-refractivity contribution in [3.63, 3.8) is 0 Å². The van der Waals surface area contributed by atoms with Crippen LogP contribution in [0, 0.1) is 6.92 Å². The van der Waals surface area contributed by atoms with Gasteiger partial charge in [-0.05, 0) is 37.1 Å². The molecule has 0 spiro atoms. The smallest absolute Gasteiger partial charge is 0.422 e. The summed E-state index contributed by atoms with van der Waals surface area (Å²) < 4.78 is 47.2. The number of alkyl halides is 3. The number of hydrogen-bond donors (Lipinski definition) is 1. The fourth-order valence-electron chi connectivity index (χ4n) is 3.60. The molecule has 8 nitrogen and oxygen atoms in total. The molecule has 1 aliphatic rings. The molecular formula is C22H19F3N4O4. The topological polar surface area (TPSA) is 97.6 Å². The first-order valence-electron chi connectivity index (χ1n) is 9.93. The largest absolute Gasteiger partial charge is 0.484 e. The van der Waals surface area contributed by atoms with Gasteiger partial charge in [-0.2, -0.15) is 13.2 Å². The fourth-order valence-corrected chi connectivity index (χ4v) is 3.60. The zero-order chi connectivity index (χ0) is 23.8. The summed E-state index contributed by atoms with van der Waals surface area (Å²) in [6.45, 7) is 2.28. The molecule has 0 aliphatic carbocycles. The number of carbonyl (C=O) groups excluding carboxylic acids is 2. The number of aromatic nitrogens is 2. The second kappa shape index (κ2) is 8.57. The number of fused-ring (bicyclic) bond motifs is 1. The Hall–Kier alpha value is -3.89. The van der Waals surface area contributed by atoms with E-state index in [4.69, 9.17) is 9.15 Å². The van der Waals surface area contributed by atoms with E-state index >= 15 is 0 Å². The van der Waals surface area contributed by atoms with Crippen molar-refractivity contribution in [3.8, 4) is 5.75 Å². The van der Waals surface area contributed by atoms with E-state index in [9.17, 15) is 22.8 Å². The van der Waals surface area contributed by atoms with Gasteiger partial charge in [0.1, 0.15) is 11.6 Å². The van der Waals surface area contributed by atoms with E-state index < -0.39 is 24.7 Å². The number of pyridine rings is 1. The van der Waals surface area contributed by atoms with Gasteiger partial charge in [-0.1, -0.05) is 12.1 Å². The molecule has 2 aromatic heterocycles. The lowest BCUT2D eigenvalue weighted by Gasteiger charge is -2.25. The molecule has 1 N–H and O–H groups in total. The Labute approximate surface area is 186 Å². The van der Waals surface area contributed by atoms with Gasteiger partial charge in [0.25, 0.3) is 11.8 Å².